The molecule has 3 aromatic rings. The van der Waals surface area contributed by atoms with Crippen LogP contribution >= 0.6 is 0 Å². The summed E-state index contributed by atoms with van der Waals surface area (Å²) in [4.78, 5) is 17.3. The summed E-state index contributed by atoms with van der Waals surface area (Å²) in [6.45, 7) is 1.38. The van der Waals surface area contributed by atoms with Crippen LogP contribution in [-0.2, 0) is 11.8 Å². The largest absolute Gasteiger partial charge is 0.381 e. The van der Waals surface area contributed by atoms with Gasteiger partial charge in [0.15, 0.2) is 5.65 Å². The summed E-state index contributed by atoms with van der Waals surface area (Å²) < 4.78 is 20.2. The Hall–Kier alpha value is -3.00. The predicted octanol–water partition coefficient (Wildman–Crippen LogP) is 2.95. The average Bonchev–Trinajstić information content (AvgIpc) is 3.06. The molecule has 1 fully saturated rings. The molecule has 1 aliphatic heterocycles. The Morgan fingerprint density at radius 3 is 2.70 bits per heavy atom. The van der Waals surface area contributed by atoms with Gasteiger partial charge in [0, 0.05) is 38.2 Å². The summed E-state index contributed by atoms with van der Waals surface area (Å²) in [5.41, 5.74) is 2.35. The number of benzene rings is 1. The van der Waals surface area contributed by atoms with E-state index < -0.39 is 0 Å². The number of ether oxygens (including phenoxy) is 1. The summed E-state index contributed by atoms with van der Waals surface area (Å²) in [7, 11) is 1.81. The molecule has 0 aliphatic carbocycles. The first-order valence-electron chi connectivity index (χ1n) is 8.84. The third kappa shape index (κ3) is 3.61. The maximum Gasteiger partial charge on any atom is 0.259 e. The number of nitrogens with zero attached hydrogens (tertiary/aromatic N) is 3. The number of nitrogens with one attached hydrogen (secondary N) is 2. The van der Waals surface area contributed by atoms with Crippen LogP contribution in [0.4, 0.5) is 15.8 Å². The number of rotatable bonds is 4. The van der Waals surface area contributed by atoms with E-state index in [1.807, 2.05) is 7.05 Å². The molecule has 0 unspecified atom stereocenters. The van der Waals surface area contributed by atoms with Crippen LogP contribution in [0.25, 0.3) is 11.0 Å². The highest BCUT2D eigenvalue weighted by Crippen LogP contribution is 2.28. The molecule has 2 aromatic heterocycles. The summed E-state index contributed by atoms with van der Waals surface area (Å²) in [6, 6.07) is 5.87. The van der Waals surface area contributed by atoms with Gasteiger partial charge in [-0.3, -0.25) is 9.48 Å². The van der Waals surface area contributed by atoms with Crippen LogP contribution in [0.3, 0.4) is 0 Å². The van der Waals surface area contributed by atoms with Gasteiger partial charge in [0.05, 0.1) is 22.8 Å². The predicted molar refractivity (Wildman–Crippen MR) is 100 cm³/mol. The van der Waals surface area contributed by atoms with Crippen molar-refractivity contribution in [2.24, 2.45) is 7.05 Å². The smallest absolute Gasteiger partial charge is 0.259 e. The number of hydrogen-bond donors (Lipinski definition) is 2. The Labute approximate surface area is 155 Å². The lowest BCUT2D eigenvalue weighted by atomic mass is 10.1. The van der Waals surface area contributed by atoms with Crippen molar-refractivity contribution in [1.29, 1.82) is 0 Å². The molecule has 0 radical (unpaired) electrons. The Bertz CT molecular complexity index is 964. The number of carbonyl (C=O) groups excluding carboxylic acids is 1. The molecule has 4 rings (SSSR count). The molecule has 1 saturated heterocycles. The highest BCUT2D eigenvalue weighted by Gasteiger charge is 2.21. The van der Waals surface area contributed by atoms with E-state index >= 15 is 0 Å². The minimum absolute atomic E-state index is 0.210. The fourth-order valence-electron chi connectivity index (χ4n) is 3.20. The lowest BCUT2D eigenvalue weighted by Gasteiger charge is -2.25. The maximum absolute atomic E-state index is 13.1. The number of amides is 1. The minimum atomic E-state index is -0.353. The standard InChI is InChI=1S/C19H20FN5O2/c1-25-18-15(11-22-25)17(23-14-6-8-27-9-7-14)16(10-21-18)19(26)24-13-4-2-12(20)3-5-13/h2-5,10-11,14H,6-9H2,1H3,(H,21,23)(H,24,26). The van der Waals surface area contributed by atoms with Crippen molar-refractivity contribution in [2.75, 3.05) is 23.8 Å². The van der Waals surface area contributed by atoms with Crippen LogP contribution in [0.15, 0.2) is 36.7 Å². The molecule has 140 valence electrons. The van der Waals surface area contributed by atoms with Crippen LogP contribution < -0.4 is 10.6 Å². The van der Waals surface area contributed by atoms with Crippen LogP contribution in [0.5, 0.6) is 0 Å². The molecule has 2 N–H and O–H groups in total. The second-order valence-electron chi connectivity index (χ2n) is 6.54. The first-order valence-corrected chi connectivity index (χ1v) is 8.84. The lowest BCUT2D eigenvalue weighted by Crippen LogP contribution is -2.29. The maximum atomic E-state index is 13.1. The van der Waals surface area contributed by atoms with Crippen molar-refractivity contribution in [2.45, 2.75) is 18.9 Å². The van der Waals surface area contributed by atoms with Crippen LogP contribution in [-0.4, -0.2) is 39.9 Å². The second-order valence-corrected chi connectivity index (χ2v) is 6.54. The SMILES string of the molecule is Cn1ncc2c(NC3CCOCC3)c(C(=O)Nc3ccc(F)cc3)cnc21. The molecule has 1 aliphatic rings. The zero-order chi connectivity index (χ0) is 18.8. The number of hydrogen-bond acceptors (Lipinski definition) is 5. The first-order chi connectivity index (χ1) is 13.1. The van der Waals surface area contributed by atoms with Gasteiger partial charge in [-0.25, -0.2) is 9.37 Å². The minimum Gasteiger partial charge on any atom is -0.381 e. The fourth-order valence-corrected chi connectivity index (χ4v) is 3.20. The number of pyridine rings is 1. The van der Waals surface area contributed by atoms with E-state index in [-0.39, 0.29) is 17.8 Å². The Morgan fingerprint density at radius 1 is 1.22 bits per heavy atom. The van der Waals surface area contributed by atoms with Gasteiger partial charge < -0.3 is 15.4 Å². The molecule has 1 amide bonds. The van der Waals surface area contributed by atoms with Crippen LogP contribution in [0, 0.1) is 5.82 Å². The normalized spacial score (nSPS) is 15.0. The van der Waals surface area contributed by atoms with Crippen molar-refractivity contribution in [3.05, 3.63) is 48.0 Å². The molecule has 3 heterocycles. The number of anilines is 2. The third-order valence-corrected chi connectivity index (χ3v) is 4.68. The molecule has 0 atom stereocenters. The van der Waals surface area contributed by atoms with Crippen molar-refractivity contribution in [3.63, 3.8) is 0 Å². The van der Waals surface area contributed by atoms with Crippen molar-refractivity contribution in [1.82, 2.24) is 14.8 Å². The number of aromatic nitrogens is 3. The molecular weight excluding hydrogens is 349 g/mol. The Kier molecular flexibility index (Phi) is 4.72. The molecular formula is C19H20FN5O2. The van der Waals surface area contributed by atoms with Crippen LogP contribution in [0.2, 0.25) is 0 Å². The van der Waals surface area contributed by atoms with E-state index in [9.17, 15) is 9.18 Å². The molecule has 0 bridgehead atoms. The van der Waals surface area contributed by atoms with Gasteiger partial charge in [0.2, 0.25) is 0 Å². The number of carbonyl (C=O) groups is 1. The quantitative estimate of drug-likeness (QED) is 0.739. The van der Waals surface area contributed by atoms with E-state index in [0.717, 1.165) is 18.2 Å². The average molecular weight is 369 g/mol. The molecule has 7 nitrogen and oxygen atoms in total. The van der Waals surface area contributed by atoms with E-state index in [1.54, 1.807) is 17.1 Å². The number of aryl methyl sites for hydroxylation is 1. The van der Waals surface area contributed by atoms with Gasteiger partial charge in [-0.1, -0.05) is 0 Å². The zero-order valence-electron chi connectivity index (χ0n) is 14.9. The van der Waals surface area contributed by atoms with Gasteiger partial charge >= 0.3 is 0 Å². The van der Waals surface area contributed by atoms with Gasteiger partial charge in [-0.05, 0) is 37.1 Å². The Morgan fingerprint density at radius 2 is 1.96 bits per heavy atom. The summed E-state index contributed by atoms with van der Waals surface area (Å²) in [6.07, 6.45) is 4.98. The summed E-state index contributed by atoms with van der Waals surface area (Å²) >= 11 is 0. The number of halogens is 1. The highest BCUT2D eigenvalue weighted by atomic mass is 19.1. The molecule has 8 heteroatoms. The molecule has 0 saturated carbocycles. The van der Waals surface area contributed by atoms with Crippen molar-refractivity contribution in [3.8, 4) is 0 Å². The van der Waals surface area contributed by atoms with E-state index in [4.69, 9.17) is 4.74 Å². The Balaban J connectivity index is 1.68. The molecule has 0 spiro atoms. The second kappa shape index (κ2) is 7.32. The first kappa shape index (κ1) is 17.4. The topological polar surface area (TPSA) is 81.1 Å². The monoisotopic (exact) mass is 369 g/mol. The summed E-state index contributed by atoms with van der Waals surface area (Å²) in [5.74, 6) is -0.664. The molecule has 27 heavy (non-hydrogen) atoms. The van der Waals surface area contributed by atoms with E-state index in [1.165, 1.54) is 24.3 Å². The number of fused-ring (bicyclic) bond motifs is 1. The lowest BCUT2D eigenvalue weighted by molar-refractivity contribution is 0.0904. The van der Waals surface area contributed by atoms with Crippen LogP contribution in [0.1, 0.15) is 23.2 Å². The van der Waals surface area contributed by atoms with Gasteiger partial charge in [0.1, 0.15) is 5.82 Å². The van der Waals surface area contributed by atoms with Gasteiger partial charge in [-0.15, -0.1) is 0 Å². The fraction of sp³-hybridized carbons (Fsp3) is 0.316. The van der Waals surface area contributed by atoms with Gasteiger partial charge in [0.25, 0.3) is 5.91 Å². The van der Waals surface area contributed by atoms with E-state index in [0.29, 0.717) is 35.8 Å². The highest BCUT2D eigenvalue weighted by molar-refractivity contribution is 6.12. The van der Waals surface area contributed by atoms with Crippen molar-refractivity contribution >= 4 is 28.3 Å². The zero-order valence-corrected chi connectivity index (χ0v) is 14.9. The third-order valence-electron chi connectivity index (χ3n) is 4.68. The molecule has 1 aromatic carbocycles. The van der Waals surface area contributed by atoms with Crippen molar-refractivity contribution < 1.29 is 13.9 Å². The summed E-state index contributed by atoms with van der Waals surface area (Å²) in [5, 5.41) is 11.3. The van der Waals surface area contributed by atoms with E-state index in [2.05, 4.69) is 20.7 Å². The van der Waals surface area contributed by atoms with Gasteiger partial charge in [-0.2, -0.15) is 5.10 Å².